The van der Waals surface area contributed by atoms with Gasteiger partial charge in [0.05, 0.1) is 184 Å². The highest BCUT2D eigenvalue weighted by Gasteiger charge is 2.59. The van der Waals surface area contributed by atoms with Crippen LogP contribution in [-0.2, 0) is 99.1 Å². The van der Waals surface area contributed by atoms with E-state index in [1.165, 1.54) is 6.07 Å². The SMILES string of the molecule is Nc1ccn([C@@H]2O[C@H](COP(=O)(O)OC3(C(=O)O)CC(O)C(CC(=O)CNC(=O)CCOCCOCCOCCOCCOCCOCCOCCOCCOCCOCCOCCOCCCC(=O)CCSSc4ccccn4)C(C(O)[C@H](O)CO)O3)[C@H](O)C2O)c(=O)n1. The number of amides is 1. The summed E-state index contributed by atoms with van der Waals surface area (Å²) in [4.78, 5) is 80.9. The largest absolute Gasteiger partial charge is 0.477 e. The minimum Gasteiger partial charge on any atom is -0.477 e. The Morgan fingerprint density at radius 3 is 1.68 bits per heavy atom. The van der Waals surface area contributed by atoms with E-state index in [0.29, 0.717) is 151 Å². The molecule has 11 atom stereocenters. The number of aliphatic hydroxyl groups is 6. The molecule has 38 heteroatoms. The van der Waals surface area contributed by atoms with Gasteiger partial charge in [-0.3, -0.25) is 23.5 Å². The highest BCUT2D eigenvalue weighted by molar-refractivity contribution is 8.76. The highest BCUT2D eigenvalue weighted by atomic mass is 33.1. The number of carboxylic acids is 1. The van der Waals surface area contributed by atoms with Gasteiger partial charge in [0, 0.05) is 62.8 Å². The van der Waals surface area contributed by atoms with E-state index < -0.39 is 124 Å². The van der Waals surface area contributed by atoms with Crippen LogP contribution in [0.25, 0.3) is 0 Å². The van der Waals surface area contributed by atoms with Gasteiger partial charge in [-0.05, 0) is 35.4 Å². The Morgan fingerprint density at radius 1 is 0.705 bits per heavy atom. The Hall–Kier alpha value is -3.88. The number of carbonyl (C=O) groups is 4. The fourth-order valence-corrected chi connectivity index (χ4v) is 11.6. The highest BCUT2D eigenvalue weighted by Crippen LogP contribution is 2.52. The lowest BCUT2D eigenvalue weighted by molar-refractivity contribution is -0.298. The standard InChI is InChI=1S/C57H94N5O30PS2/c58-47-6-10-62(56(74)61-47)54-52(71)51(70)46(90-54)40-89-93(75,76)92-57(55(72)73)37-44(66)43(53(91-57)50(69)45(67)39-63)36-42(65)38-60-48(68)7-12-78-14-16-80-18-20-82-22-24-84-26-28-86-30-32-88-34-33-87-31-29-85-27-25-83-23-21-81-19-17-79-15-13-77-11-3-4-41(64)8-35-94-95-49-5-1-2-9-59-49/h1-2,5-6,9-10,43-46,50-54,63,66-67,69-71H,3-4,7-8,11-40H2,(H,60,68)(H,72,73)(H,75,76)(H2,58,61,74)/t43?,44?,45-,46-,50?,51+,52?,53?,54-,57?/m1/s1. The number of hydrogen-bond donors (Lipinski definition) is 10. The van der Waals surface area contributed by atoms with Crippen LogP contribution in [0.5, 0.6) is 0 Å². The van der Waals surface area contributed by atoms with Gasteiger partial charge in [0.1, 0.15) is 47.1 Å². The van der Waals surface area contributed by atoms with E-state index in [4.69, 9.17) is 81.1 Å². The number of ketones is 2. The van der Waals surface area contributed by atoms with Gasteiger partial charge in [0.2, 0.25) is 5.91 Å². The number of ether oxygens (including phenoxy) is 14. The van der Waals surface area contributed by atoms with Crippen LogP contribution in [0.4, 0.5) is 5.82 Å². The number of nitrogens with one attached hydrogen (secondary N) is 1. The van der Waals surface area contributed by atoms with Crippen LogP contribution in [0.2, 0.25) is 0 Å². The molecule has 35 nitrogen and oxygen atoms in total. The van der Waals surface area contributed by atoms with Crippen molar-refractivity contribution in [2.75, 3.05) is 190 Å². The van der Waals surface area contributed by atoms with Crippen molar-refractivity contribution in [1.82, 2.24) is 19.9 Å². The number of phosphoric acid groups is 1. The summed E-state index contributed by atoms with van der Waals surface area (Å²) in [6, 6.07) is 6.96. The molecule has 1 amide bonds. The summed E-state index contributed by atoms with van der Waals surface area (Å²) < 4.78 is 101. The number of aromatic nitrogens is 3. The molecule has 0 saturated carbocycles. The van der Waals surface area contributed by atoms with Crippen molar-refractivity contribution in [3.63, 3.8) is 0 Å². The molecule has 2 fully saturated rings. The summed E-state index contributed by atoms with van der Waals surface area (Å²) in [5, 5.41) is 76.5. The fourth-order valence-electron chi connectivity index (χ4n) is 8.69. The van der Waals surface area contributed by atoms with E-state index in [0.717, 1.165) is 21.5 Å². The number of aliphatic hydroxyl groups excluding tert-OH is 6. The molecule has 95 heavy (non-hydrogen) atoms. The molecule has 7 unspecified atom stereocenters. The molecule has 2 saturated heterocycles. The lowest BCUT2D eigenvalue weighted by atomic mass is 9.80. The molecule has 4 rings (SSSR count). The number of pyridine rings is 1. The van der Waals surface area contributed by atoms with Crippen LogP contribution in [0.1, 0.15) is 44.8 Å². The zero-order valence-electron chi connectivity index (χ0n) is 52.9. The van der Waals surface area contributed by atoms with Gasteiger partial charge in [-0.1, -0.05) is 16.9 Å². The molecular weight excluding hydrogens is 1330 g/mol. The number of hydrogen-bond acceptors (Lipinski definition) is 33. The van der Waals surface area contributed by atoms with Crippen LogP contribution < -0.4 is 16.7 Å². The van der Waals surface area contributed by atoms with Crippen LogP contribution in [-0.4, -0.2) is 311 Å². The average molecular weight is 1420 g/mol. The zero-order valence-corrected chi connectivity index (χ0v) is 55.5. The molecule has 11 N–H and O–H groups in total. The van der Waals surface area contributed by atoms with Crippen molar-refractivity contribution in [2.45, 2.75) is 98.3 Å². The predicted molar refractivity (Wildman–Crippen MR) is 333 cm³/mol. The molecule has 4 heterocycles. The minimum atomic E-state index is -5.65. The van der Waals surface area contributed by atoms with Crippen LogP contribution >= 0.6 is 29.4 Å². The van der Waals surface area contributed by atoms with E-state index in [-0.39, 0.29) is 44.4 Å². The lowest BCUT2D eigenvalue weighted by Crippen LogP contribution is -2.62. The van der Waals surface area contributed by atoms with Gasteiger partial charge >= 0.3 is 19.5 Å². The third-order valence-corrected chi connectivity index (χ3v) is 16.9. The Bertz CT molecular complexity index is 2530. The van der Waals surface area contributed by atoms with E-state index in [2.05, 4.69) is 15.3 Å². The molecule has 2 aromatic rings. The van der Waals surface area contributed by atoms with Gasteiger partial charge in [0.15, 0.2) is 12.0 Å². The quantitative estimate of drug-likeness (QED) is 0.0196. The molecule has 2 aromatic heterocycles. The van der Waals surface area contributed by atoms with E-state index in [9.17, 15) is 69.2 Å². The first-order valence-corrected chi connectivity index (χ1v) is 34.7. The number of Topliss-reactive ketones (excluding diaryl/α,β-unsaturated/α-hetero) is 2. The minimum absolute atomic E-state index is 0.0457. The Balaban J connectivity index is 0.881. The number of aliphatic carboxylic acids is 1. The number of nitrogens with zero attached hydrogens (tertiary/aromatic N) is 3. The first-order chi connectivity index (χ1) is 45.9. The number of carboxylic acid groups (broad SMARTS) is 1. The topological polar surface area (TPSA) is 481 Å². The number of anilines is 1. The average Bonchev–Trinajstić information content (AvgIpc) is 0.979. The summed E-state index contributed by atoms with van der Waals surface area (Å²) in [6.45, 7) is 6.15. The van der Waals surface area contributed by atoms with Crippen LogP contribution in [0, 0.1) is 5.92 Å². The van der Waals surface area contributed by atoms with E-state index in [1.54, 1.807) is 27.8 Å². The fraction of sp³-hybridized carbons (Fsp3) is 0.772. The number of nitrogen functional groups attached to an aromatic ring is 1. The third kappa shape index (κ3) is 35.1. The lowest BCUT2D eigenvalue weighted by Gasteiger charge is -2.46. The van der Waals surface area contributed by atoms with Crippen molar-refractivity contribution in [1.29, 1.82) is 0 Å². The van der Waals surface area contributed by atoms with Crippen LogP contribution in [0.15, 0.2) is 46.5 Å². The second-order valence-electron chi connectivity index (χ2n) is 20.8. The Kier molecular flexibility index (Phi) is 43.6. The Morgan fingerprint density at radius 2 is 1.21 bits per heavy atom. The van der Waals surface area contributed by atoms with Crippen molar-refractivity contribution >= 4 is 58.7 Å². The maximum absolute atomic E-state index is 13.2. The first kappa shape index (κ1) is 83.5. The number of carbonyl (C=O) groups excluding carboxylic acids is 3. The summed E-state index contributed by atoms with van der Waals surface area (Å²) in [5.41, 5.74) is 4.50. The van der Waals surface area contributed by atoms with Gasteiger partial charge in [0.25, 0.3) is 5.79 Å². The molecule has 2 aliphatic heterocycles. The molecule has 0 aromatic carbocycles. The Labute approximate surface area is 557 Å². The molecule has 2 aliphatic rings. The molecule has 0 radical (unpaired) electrons. The second kappa shape index (κ2) is 49.6. The molecule has 0 spiro atoms. The number of phosphoric ester groups is 1. The van der Waals surface area contributed by atoms with Gasteiger partial charge in [-0.15, -0.1) is 0 Å². The van der Waals surface area contributed by atoms with Gasteiger partial charge in [-0.25, -0.2) is 23.7 Å². The first-order valence-electron chi connectivity index (χ1n) is 30.9. The monoisotopic (exact) mass is 1420 g/mol. The normalized spacial score (nSPS) is 21.7. The predicted octanol–water partition coefficient (Wildman–Crippen LogP) is -1.92. The zero-order chi connectivity index (χ0) is 68.9. The molecule has 544 valence electrons. The van der Waals surface area contributed by atoms with Gasteiger partial charge in [-0.2, -0.15) is 4.98 Å². The summed E-state index contributed by atoms with van der Waals surface area (Å²) >= 11 is 0. The summed E-state index contributed by atoms with van der Waals surface area (Å²) in [7, 11) is -2.43. The maximum Gasteiger partial charge on any atom is 0.475 e. The van der Waals surface area contributed by atoms with Crippen LogP contribution in [0.3, 0.4) is 0 Å². The van der Waals surface area contributed by atoms with E-state index >= 15 is 0 Å². The summed E-state index contributed by atoms with van der Waals surface area (Å²) in [5.74, 6) is -7.55. The number of nitrogens with two attached hydrogens (primary N) is 1. The smallest absolute Gasteiger partial charge is 0.475 e. The summed E-state index contributed by atoms with van der Waals surface area (Å²) in [6.07, 6.45) is -12.7. The van der Waals surface area contributed by atoms with Gasteiger partial charge < -0.3 is 118 Å². The maximum atomic E-state index is 13.2. The van der Waals surface area contributed by atoms with E-state index in [1.807, 2.05) is 18.2 Å². The van der Waals surface area contributed by atoms with Crippen molar-refractivity contribution in [3.05, 3.63) is 47.1 Å². The van der Waals surface area contributed by atoms with Crippen molar-refractivity contribution < 1.29 is 140 Å². The third-order valence-electron chi connectivity index (χ3n) is 13.6. The molecule has 0 bridgehead atoms. The molecular formula is C57H94N5O30PS2. The van der Waals surface area contributed by atoms with Crippen molar-refractivity contribution in [2.24, 2.45) is 5.92 Å². The van der Waals surface area contributed by atoms with Crippen molar-refractivity contribution in [3.8, 4) is 0 Å². The molecule has 0 aliphatic carbocycles. The number of rotatable bonds is 59. The second-order valence-corrected chi connectivity index (χ2v) is 24.7.